The van der Waals surface area contributed by atoms with E-state index in [2.05, 4.69) is 3.87 Å². The molecule has 0 radical (unpaired) electrons. The lowest BCUT2D eigenvalue weighted by Gasteiger charge is -2.08. The quantitative estimate of drug-likeness (QED) is 0.392. The predicted molar refractivity (Wildman–Crippen MR) is 39.2 cm³/mol. The minimum Gasteiger partial charge on any atom is -0.285 e. The Morgan fingerprint density at radius 2 is 1.78 bits per heavy atom. The lowest BCUT2D eigenvalue weighted by Crippen LogP contribution is -2.23. The molecule has 0 atom stereocenters. The van der Waals surface area contributed by atoms with Crippen LogP contribution in [0, 0.1) is 0 Å². The fourth-order valence-electron chi connectivity index (χ4n) is 0.237. The fraction of sp³-hybridized carbons (Fsp3) is 1.00. The van der Waals surface area contributed by atoms with Gasteiger partial charge in [-0.15, -0.1) is 11.1 Å². The Morgan fingerprint density at radius 1 is 1.44 bits per heavy atom. The van der Waals surface area contributed by atoms with Gasteiger partial charge in [0, 0.05) is 10.7 Å². The van der Waals surface area contributed by atoms with Gasteiger partial charge in [0.1, 0.15) is 0 Å². The monoisotopic (exact) mass is 208 g/mol. The van der Waals surface area contributed by atoms with E-state index in [-0.39, 0.29) is 0 Å². The maximum atomic E-state index is 10.1. The van der Waals surface area contributed by atoms with Crippen molar-refractivity contribution in [3.8, 4) is 0 Å². The predicted octanol–water partition coefficient (Wildman–Crippen LogP) is 1.43. The van der Waals surface area contributed by atoms with Crippen molar-refractivity contribution in [3.05, 3.63) is 0 Å². The minimum absolute atomic E-state index is 1.51. The summed E-state index contributed by atoms with van der Waals surface area (Å²) in [7, 11) is -1.70. The molecular formula is C2H6Cl2O3SSi. The van der Waals surface area contributed by atoms with Gasteiger partial charge in [-0.25, -0.2) is 0 Å². The molecule has 0 bridgehead atoms. The zero-order chi connectivity index (χ0) is 7.71. The molecular weight excluding hydrogens is 203 g/mol. The van der Waals surface area contributed by atoms with E-state index in [1.165, 1.54) is 13.1 Å². The second-order valence-electron chi connectivity index (χ2n) is 1.84. The van der Waals surface area contributed by atoms with Crippen LogP contribution in [0.4, 0.5) is 0 Å². The standard InChI is InChI=1S/C2H6Cl2O3SSi/c1-9(2,4)7-8(3,5)6/h1-2H3. The number of rotatable bonds is 2. The van der Waals surface area contributed by atoms with Crippen molar-refractivity contribution < 1.29 is 12.3 Å². The van der Waals surface area contributed by atoms with Crippen molar-refractivity contribution in [1.82, 2.24) is 0 Å². The molecule has 9 heavy (non-hydrogen) atoms. The van der Waals surface area contributed by atoms with Gasteiger partial charge in [0.25, 0.3) is 0 Å². The smallest absolute Gasteiger partial charge is 0.285 e. The molecule has 0 saturated heterocycles. The third kappa shape index (κ3) is 8.71. The Kier molecular flexibility index (Phi) is 2.97. The minimum atomic E-state index is -3.88. The van der Waals surface area contributed by atoms with Gasteiger partial charge in [0.2, 0.25) is 0 Å². The van der Waals surface area contributed by atoms with Crippen LogP contribution >= 0.6 is 21.8 Å². The summed E-state index contributed by atoms with van der Waals surface area (Å²) >= 11 is 5.47. The van der Waals surface area contributed by atoms with E-state index < -0.39 is 17.0 Å². The van der Waals surface area contributed by atoms with Gasteiger partial charge < -0.3 is 0 Å². The Labute approximate surface area is 64.4 Å². The third-order valence-electron chi connectivity index (χ3n) is 0.298. The Balaban J connectivity index is 4.07. The highest BCUT2D eigenvalue weighted by Gasteiger charge is 2.25. The summed E-state index contributed by atoms with van der Waals surface area (Å²) in [5.74, 6) is 0. The van der Waals surface area contributed by atoms with Gasteiger partial charge in [-0.1, -0.05) is 0 Å². The van der Waals surface area contributed by atoms with Crippen LogP contribution in [0.15, 0.2) is 0 Å². The molecule has 3 nitrogen and oxygen atoms in total. The maximum Gasteiger partial charge on any atom is 0.347 e. The SMILES string of the molecule is C[Si](C)(Cl)OS(=O)(=O)Cl. The summed E-state index contributed by atoms with van der Waals surface area (Å²) in [5, 5.41) is 0. The first-order chi connectivity index (χ1) is 3.71. The Morgan fingerprint density at radius 3 is 1.78 bits per heavy atom. The van der Waals surface area contributed by atoms with Crippen LogP contribution in [0.2, 0.25) is 13.1 Å². The normalized spacial score (nSPS) is 13.8. The average molecular weight is 209 g/mol. The summed E-state index contributed by atoms with van der Waals surface area (Å²) in [4.78, 5) is 0. The van der Waals surface area contributed by atoms with Crippen LogP contribution in [-0.2, 0) is 13.2 Å². The molecule has 0 aromatic carbocycles. The molecule has 7 heteroatoms. The molecule has 0 aliphatic rings. The summed E-state index contributed by atoms with van der Waals surface area (Å²) in [6.45, 7) is 3.02. The number of halogens is 2. The molecule has 0 N–H and O–H groups in total. The first kappa shape index (κ1) is 9.71. The molecule has 0 rings (SSSR count). The molecule has 0 aliphatic heterocycles. The van der Waals surface area contributed by atoms with Gasteiger partial charge >= 0.3 is 17.0 Å². The van der Waals surface area contributed by atoms with Crippen molar-refractivity contribution in [2.75, 3.05) is 0 Å². The van der Waals surface area contributed by atoms with Crippen LogP contribution in [0.1, 0.15) is 0 Å². The largest absolute Gasteiger partial charge is 0.347 e. The second kappa shape index (κ2) is 2.75. The van der Waals surface area contributed by atoms with Gasteiger partial charge in [-0.3, -0.25) is 3.87 Å². The van der Waals surface area contributed by atoms with Gasteiger partial charge in [0.15, 0.2) is 0 Å². The summed E-state index contributed by atoms with van der Waals surface area (Å²) in [6, 6.07) is 0. The van der Waals surface area contributed by atoms with Crippen molar-refractivity contribution in [2.24, 2.45) is 0 Å². The number of hydrogen-bond acceptors (Lipinski definition) is 3. The highest BCUT2D eigenvalue weighted by molar-refractivity contribution is 8.10. The van der Waals surface area contributed by atoms with E-state index in [9.17, 15) is 8.42 Å². The van der Waals surface area contributed by atoms with Crippen LogP contribution in [0.3, 0.4) is 0 Å². The molecule has 0 spiro atoms. The van der Waals surface area contributed by atoms with Gasteiger partial charge in [-0.05, 0) is 13.1 Å². The van der Waals surface area contributed by atoms with Gasteiger partial charge in [0.05, 0.1) is 0 Å². The summed E-state index contributed by atoms with van der Waals surface area (Å²) < 4.78 is 24.5. The van der Waals surface area contributed by atoms with Crippen molar-refractivity contribution >= 4 is 38.7 Å². The molecule has 0 aliphatic carbocycles. The molecule has 56 valence electrons. The van der Waals surface area contributed by atoms with Crippen molar-refractivity contribution in [3.63, 3.8) is 0 Å². The second-order valence-corrected chi connectivity index (χ2v) is 9.88. The van der Waals surface area contributed by atoms with Crippen LogP contribution in [-0.4, -0.2) is 16.0 Å². The summed E-state index contributed by atoms with van der Waals surface area (Å²) in [5.41, 5.74) is 0. The van der Waals surface area contributed by atoms with Crippen molar-refractivity contribution in [1.29, 1.82) is 0 Å². The van der Waals surface area contributed by atoms with Crippen LogP contribution in [0.25, 0.3) is 0 Å². The molecule has 0 aromatic rings. The number of hydrogen-bond donors (Lipinski definition) is 0. The van der Waals surface area contributed by atoms with E-state index in [0.29, 0.717) is 0 Å². The first-order valence-corrected chi connectivity index (χ1v) is 8.20. The first-order valence-electron chi connectivity index (χ1n) is 2.05. The van der Waals surface area contributed by atoms with E-state index in [4.69, 9.17) is 21.8 Å². The Hall–Kier alpha value is 0.707. The van der Waals surface area contributed by atoms with E-state index in [0.717, 1.165) is 0 Å². The lowest BCUT2D eigenvalue weighted by molar-refractivity contribution is 0.509. The molecule has 0 heterocycles. The molecule has 0 fully saturated rings. The van der Waals surface area contributed by atoms with Crippen LogP contribution in [0.5, 0.6) is 0 Å². The highest BCUT2D eigenvalue weighted by atomic mass is 35.7. The van der Waals surface area contributed by atoms with E-state index >= 15 is 0 Å². The molecule has 0 saturated carbocycles. The van der Waals surface area contributed by atoms with Crippen molar-refractivity contribution in [2.45, 2.75) is 13.1 Å². The third-order valence-corrected chi connectivity index (χ3v) is 3.81. The molecule has 0 amide bonds. The maximum absolute atomic E-state index is 10.1. The topological polar surface area (TPSA) is 43.4 Å². The van der Waals surface area contributed by atoms with E-state index in [1.807, 2.05) is 0 Å². The summed E-state index contributed by atoms with van der Waals surface area (Å²) in [6.07, 6.45) is 0. The van der Waals surface area contributed by atoms with E-state index in [1.54, 1.807) is 0 Å². The lowest BCUT2D eigenvalue weighted by atomic mass is 11.9. The van der Waals surface area contributed by atoms with Crippen LogP contribution < -0.4 is 0 Å². The fourth-order valence-corrected chi connectivity index (χ4v) is 4.58. The molecule has 0 unspecified atom stereocenters. The molecule has 0 aromatic heterocycles. The average Bonchev–Trinajstić information content (AvgIpc) is 1.14. The van der Waals surface area contributed by atoms with Gasteiger partial charge in [-0.2, -0.15) is 8.42 Å². The Bertz CT molecular complexity index is 180. The zero-order valence-electron chi connectivity index (χ0n) is 4.89. The highest BCUT2D eigenvalue weighted by Crippen LogP contribution is 2.15. The zero-order valence-corrected chi connectivity index (χ0v) is 8.22.